The standard InChI is InChI=1S/C26H18N4O/c31-26-20(24-14-17-7-1-3-10-22(17)28-24)13-19(21-9-5-6-12-27-21)16-30(26)25-15-18-8-2-4-11-23(18)29-25/h1-16,28-29H. The van der Waals surface area contributed by atoms with Crippen molar-refractivity contribution in [2.24, 2.45) is 0 Å². The van der Waals surface area contributed by atoms with Crippen molar-refractivity contribution >= 4 is 21.8 Å². The van der Waals surface area contributed by atoms with Crippen LogP contribution in [0.15, 0.2) is 102 Å². The third-order valence-corrected chi connectivity index (χ3v) is 5.57. The lowest BCUT2D eigenvalue weighted by atomic mass is 10.1. The van der Waals surface area contributed by atoms with Crippen LogP contribution in [0.1, 0.15) is 0 Å². The van der Waals surface area contributed by atoms with Gasteiger partial charge in [0, 0.05) is 39.8 Å². The first-order valence-corrected chi connectivity index (χ1v) is 10.1. The fourth-order valence-electron chi connectivity index (χ4n) is 4.03. The van der Waals surface area contributed by atoms with Crippen molar-refractivity contribution in [1.29, 1.82) is 0 Å². The third kappa shape index (κ3) is 2.95. The topological polar surface area (TPSA) is 66.5 Å². The number of fused-ring (bicyclic) bond motifs is 2. The lowest BCUT2D eigenvalue weighted by molar-refractivity contribution is 0.960. The van der Waals surface area contributed by atoms with Gasteiger partial charge in [-0.05, 0) is 42.5 Å². The van der Waals surface area contributed by atoms with Crippen LogP contribution in [0.5, 0.6) is 0 Å². The molecule has 0 aliphatic rings. The smallest absolute Gasteiger partial charge is 0.265 e. The molecule has 4 heterocycles. The van der Waals surface area contributed by atoms with Gasteiger partial charge in [-0.15, -0.1) is 0 Å². The van der Waals surface area contributed by atoms with E-state index in [1.807, 2.05) is 91.1 Å². The van der Waals surface area contributed by atoms with Crippen LogP contribution in [-0.4, -0.2) is 19.5 Å². The first-order valence-electron chi connectivity index (χ1n) is 10.1. The van der Waals surface area contributed by atoms with Gasteiger partial charge in [0.15, 0.2) is 0 Å². The van der Waals surface area contributed by atoms with Crippen molar-refractivity contribution in [3.8, 4) is 28.3 Å². The van der Waals surface area contributed by atoms with E-state index in [2.05, 4.69) is 15.0 Å². The molecule has 0 saturated carbocycles. The molecule has 6 aromatic rings. The molecule has 0 saturated heterocycles. The van der Waals surface area contributed by atoms with Gasteiger partial charge < -0.3 is 9.97 Å². The van der Waals surface area contributed by atoms with Gasteiger partial charge in [0.2, 0.25) is 0 Å². The number of benzene rings is 2. The highest BCUT2D eigenvalue weighted by atomic mass is 16.1. The van der Waals surface area contributed by atoms with E-state index in [1.54, 1.807) is 10.8 Å². The fraction of sp³-hybridized carbons (Fsp3) is 0. The third-order valence-electron chi connectivity index (χ3n) is 5.57. The minimum absolute atomic E-state index is 0.0993. The highest BCUT2D eigenvalue weighted by Gasteiger charge is 2.15. The van der Waals surface area contributed by atoms with Crippen molar-refractivity contribution in [3.05, 3.63) is 108 Å². The largest absolute Gasteiger partial charge is 0.354 e. The van der Waals surface area contributed by atoms with Gasteiger partial charge in [-0.2, -0.15) is 0 Å². The normalized spacial score (nSPS) is 11.4. The Bertz CT molecular complexity index is 1440. The van der Waals surface area contributed by atoms with Crippen LogP contribution in [0, 0.1) is 0 Å². The molecule has 0 amide bonds. The lowest BCUT2D eigenvalue weighted by Crippen LogP contribution is -2.20. The van der Waals surface area contributed by atoms with Gasteiger partial charge >= 0.3 is 0 Å². The Morgan fingerprint density at radius 1 is 0.742 bits per heavy atom. The Kier molecular flexibility index (Phi) is 3.86. The Hall–Kier alpha value is -4.38. The van der Waals surface area contributed by atoms with Gasteiger partial charge in [0.1, 0.15) is 5.82 Å². The van der Waals surface area contributed by atoms with Crippen LogP contribution < -0.4 is 5.56 Å². The van der Waals surface area contributed by atoms with E-state index >= 15 is 0 Å². The van der Waals surface area contributed by atoms with E-state index in [-0.39, 0.29) is 5.56 Å². The number of H-pyrrole nitrogens is 2. The highest BCUT2D eigenvalue weighted by molar-refractivity contribution is 5.86. The maximum Gasteiger partial charge on any atom is 0.265 e. The summed E-state index contributed by atoms with van der Waals surface area (Å²) < 4.78 is 1.67. The fourth-order valence-corrected chi connectivity index (χ4v) is 4.03. The summed E-state index contributed by atoms with van der Waals surface area (Å²) in [6.07, 6.45) is 3.61. The molecular weight excluding hydrogens is 384 g/mol. The molecule has 0 fully saturated rings. The molecule has 5 nitrogen and oxygen atoms in total. The first kappa shape index (κ1) is 17.5. The van der Waals surface area contributed by atoms with Crippen molar-refractivity contribution in [2.75, 3.05) is 0 Å². The summed E-state index contributed by atoms with van der Waals surface area (Å²) in [5.74, 6) is 0.723. The van der Waals surface area contributed by atoms with Gasteiger partial charge in [-0.3, -0.25) is 14.3 Å². The zero-order chi connectivity index (χ0) is 20.8. The molecular formula is C26H18N4O. The molecule has 0 aliphatic carbocycles. The number of rotatable bonds is 3. The van der Waals surface area contributed by atoms with E-state index in [4.69, 9.17) is 0 Å². The summed E-state index contributed by atoms with van der Waals surface area (Å²) in [7, 11) is 0. The number of aromatic amines is 2. The van der Waals surface area contributed by atoms with E-state index in [0.717, 1.165) is 44.6 Å². The molecule has 0 bridgehead atoms. The van der Waals surface area contributed by atoms with Crippen LogP contribution in [0.4, 0.5) is 0 Å². The number of pyridine rings is 2. The van der Waals surface area contributed by atoms with E-state index in [0.29, 0.717) is 5.56 Å². The van der Waals surface area contributed by atoms with Crippen molar-refractivity contribution in [2.45, 2.75) is 0 Å². The van der Waals surface area contributed by atoms with E-state index in [9.17, 15) is 4.79 Å². The van der Waals surface area contributed by atoms with Gasteiger partial charge in [0.05, 0.1) is 17.0 Å². The Morgan fingerprint density at radius 3 is 2.16 bits per heavy atom. The molecule has 0 spiro atoms. The molecule has 4 aromatic heterocycles. The van der Waals surface area contributed by atoms with Crippen molar-refractivity contribution in [3.63, 3.8) is 0 Å². The Labute approximate surface area is 177 Å². The summed E-state index contributed by atoms with van der Waals surface area (Å²) in [4.78, 5) is 24.9. The molecule has 2 N–H and O–H groups in total. The number of para-hydroxylation sites is 2. The van der Waals surface area contributed by atoms with E-state index < -0.39 is 0 Å². The van der Waals surface area contributed by atoms with Crippen LogP contribution in [0.3, 0.4) is 0 Å². The highest BCUT2D eigenvalue weighted by Crippen LogP contribution is 2.27. The van der Waals surface area contributed by atoms with Crippen LogP contribution in [0.25, 0.3) is 50.1 Å². The van der Waals surface area contributed by atoms with E-state index in [1.165, 1.54) is 0 Å². The van der Waals surface area contributed by atoms with Crippen molar-refractivity contribution < 1.29 is 0 Å². The molecule has 5 heteroatoms. The van der Waals surface area contributed by atoms with Crippen LogP contribution >= 0.6 is 0 Å². The molecule has 0 radical (unpaired) electrons. The van der Waals surface area contributed by atoms with Gasteiger partial charge in [-0.1, -0.05) is 42.5 Å². The quantitative estimate of drug-likeness (QED) is 0.409. The molecule has 148 valence electrons. The zero-order valence-electron chi connectivity index (χ0n) is 16.5. The summed E-state index contributed by atoms with van der Waals surface area (Å²) in [5, 5.41) is 2.12. The van der Waals surface area contributed by atoms with Crippen molar-refractivity contribution in [1.82, 2.24) is 19.5 Å². The minimum Gasteiger partial charge on any atom is -0.354 e. The number of nitrogens with zero attached hydrogens (tertiary/aromatic N) is 2. The van der Waals surface area contributed by atoms with Crippen LogP contribution in [0.2, 0.25) is 0 Å². The second-order valence-electron chi connectivity index (χ2n) is 7.54. The maximum absolute atomic E-state index is 13.6. The Balaban J connectivity index is 1.63. The first-order chi connectivity index (χ1) is 15.3. The van der Waals surface area contributed by atoms with Gasteiger partial charge in [0.25, 0.3) is 5.56 Å². The predicted molar refractivity (Wildman–Crippen MR) is 124 cm³/mol. The van der Waals surface area contributed by atoms with Gasteiger partial charge in [-0.25, -0.2) is 0 Å². The SMILES string of the molecule is O=c1c(-c2cc3ccccc3[nH]2)cc(-c2ccccn2)cn1-c1cc2ccccc2[nH]1. The second kappa shape index (κ2) is 6.85. The number of aromatic nitrogens is 4. The molecule has 0 aliphatic heterocycles. The molecule has 0 unspecified atom stereocenters. The average Bonchev–Trinajstić information content (AvgIpc) is 3.44. The molecule has 0 atom stereocenters. The number of hydrogen-bond donors (Lipinski definition) is 2. The average molecular weight is 402 g/mol. The summed E-state index contributed by atoms with van der Waals surface area (Å²) >= 11 is 0. The number of hydrogen-bond acceptors (Lipinski definition) is 2. The number of nitrogens with one attached hydrogen (secondary N) is 2. The maximum atomic E-state index is 13.6. The molecule has 6 rings (SSSR count). The monoisotopic (exact) mass is 402 g/mol. The lowest BCUT2D eigenvalue weighted by Gasteiger charge is -2.10. The van der Waals surface area contributed by atoms with Crippen LogP contribution in [-0.2, 0) is 0 Å². The zero-order valence-corrected chi connectivity index (χ0v) is 16.5. The predicted octanol–water partition coefficient (Wildman–Crippen LogP) is 5.53. The molecule has 31 heavy (non-hydrogen) atoms. The summed E-state index contributed by atoms with van der Waals surface area (Å²) in [5.41, 5.74) is 4.94. The summed E-state index contributed by atoms with van der Waals surface area (Å²) in [6, 6.07) is 27.7. The minimum atomic E-state index is -0.0993. The molecule has 2 aromatic carbocycles. The summed E-state index contributed by atoms with van der Waals surface area (Å²) in [6.45, 7) is 0. The Morgan fingerprint density at radius 2 is 1.45 bits per heavy atom. The second-order valence-corrected chi connectivity index (χ2v) is 7.54.